The highest BCUT2D eigenvalue weighted by atomic mass is 16.3. The van der Waals surface area contributed by atoms with Crippen molar-refractivity contribution in [2.75, 3.05) is 6.54 Å². The molecule has 2 nitrogen and oxygen atoms in total. The van der Waals surface area contributed by atoms with Crippen molar-refractivity contribution < 1.29 is 4.42 Å². The first-order valence-corrected chi connectivity index (χ1v) is 7.52. The molecule has 1 aromatic heterocycles. The third-order valence-electron chi connectivity index (χ3n) is 4.21. The van der Waals surface area contributed by atoms with E-state index < -0.39 is 0 Å². The van der Waals surface area contributed by atoms with Gasteiger partial charge in [-0.15, -0.1) is 0 Å². The quantitative estimate of drug-likeness (QED) is 0.794. The minimum atomic E-state index is 0.491. The average Bonchev–Trinajstić information content (AvgIpc) is 2.58. The molecule has 1 aromatic rings. The molecule has 1 N–H and O–H groups in total. The molecular weight excluding hydrogens is 222 g/mol. The van der Waals surface area contributed by atoms with Gasteiger partial charge in [-0.25, -0.2) is 0 Å². The Morgan fingerprint density at radius 1 is 1.22 bits per heavy atom. The van der Waals surface area contributed by atoms with Crippen molar-refractivity contribution in [1.82, 2.24) is 5.32 Å². The molecule has 0 radical (unpaired) electrons. The monoisotopic (exact) mass is 249 g/mol. The topological polar surface area (TPSA) is 25.2 Å². The molecule has 2 heteroatoms. The van der Waals surface area contributed by atoms with Crippen LogP contribution in [0, 0.1) is 19.8 Å². The maximum absolute atomic E-state index is 5.72. The zero-order valence-corrected chi connectivity index (χ0v) is 12.1. The van der Waals surface area contributed by atoms with Crippen molar-refractivity contribution in [2.24, 2.45) is 5.92 Å². The number of nitrogens with one attached hydrogen (secondary N) is 1. The molecule has 1 heterocycles. The van der Waals surface area contributed by atoms with Gasteiger partial charge in [-0.05, 0) is 45.2 Å². The van der Waals surface area contributed by atoms with Gasteiger partial charge in [0.15, 0.2) is 0 Å². The van der Waals surface area contributed by atoms with E-state index in [0.717, 1.165) is 24.0 Å². The molecule has 2 rings (SSSR count). The van der Waals surface area contributed by atoms with Crippen LogP contribution in [0.2, 0.25) is 0 Å². The van der Waals surface area contributed by atoms with Crippen LogP contribution in [-0.4, -0.2) is 6.54 Å². The Morgan fingerprint density at radius 3 is 2.39 bits per heavy atom. The fourth-order valence-corrected chi connectivity index (χ4v) is 3.35. The normalized spacial score (nSPS) is 19.7. The predicted molar refractivity (Wildman–Crippen MR) is 75.8 cm³/mol. The maximum Gasteiger partial charge on any atom is 0.105 e. The molecule has 0 aliphatic heterocycles. The van der Waals surface area contributed by atoms with Gasteiger partial charge in [-0.3, -0.25) is 0 Å². The van der Waals surface area contributed by atoms with Crippen LogP contribution < -0.4 is 5.32 Å². The summed E-state index contributed by atoms with van der Waals surface area (Å²) < 4.78 is 5.72. The van der Waals surface area contributed by atoms with Crippen LogP contribution in [0.4, 0.5) is 0 Å². The smallest absolute Gasteiger partial charge is 0.105 e. The van der Waals surface area contributed by atoms with Crippen LogP contribution in [0.5, 0.6) is 0 Å². The fraction of sp³-hybridized carbons (Fsp3) is 0.750. The molecule has 0 amide bonds. The minimum absolute atomic E-state index is 0.491. The lowest BCUT2D eigenvalue weighted by atomic mass is 9.87. The molecule has 0 spiro atoms. The van der Waals surface area contributed by atoms with E-state index in [1.807, 2.05) is 6.92 Å². The second kappa shape index (κ2) is 6.42. The van der Waals surface area contributed by atoms with Crippen molar-refractivity contribution >= 4 is 0 Å². The molecular formula is C16H27NO. The van der Waals surface area contributed by atoms with Gasteiger partial charge in [-0.2, -0.15) is 0 Å². The first-order valence-electron chi connectivity index (χ1n) is 7.52. The summed E-state index contributed by atoms with van der Waals surface area (Å²) in [5.74, 6) is 2.92. The van der Waals surface area contributed by atoms with Crippen LogP contribution in [0.1, 0.15) is 68.6 Å². The molecule has 0 aromatic carbocycles. The number of rotatable bonds is 4. The Morgan fingerprint density at radius 2 is 1.89 bits per heavy atom. The third kappa shape index (κ3) is 3.17. The predicted octanol–water partition coefficient (Wildman–Crippen LogP) is 4.52. The lowest BCUT2D eigenvalue weighted by Gasteiger charge is -2.26. The Hall–Kier alpha value is -0.760. The highest BCUT2D eigenvalue weighted by molar-refractivity contribution is 5.25. The third-order valence-corrected chi connectivity index (χ3v) is 4.21. The van der Waals surface area contributed by atoms with Crippen molar-refractivity contribution in [3.8, 4) is 0 Å². The van der Waals surface area contributed by atoms with Crippen molar-refractivity contribution in [3.63, 3.8) is 0 Å². The fourth-order valence-electron chi connectivity index (χ4n) is 3.35. The van der Waals surface area contributed by atoms with E-state index in [1.165, 1.54) is 44.1 Å². The first kappa shape index (κ1) is 13.7. The standard InChI is InChI=1S/C16H27NO/c1-4-17-16(14-9-7-5-6-8-10-14)15-11-12(2)18-13(15)3/h11,14,16-17H,4-10H2,1-3H3. The van der Waals surface area contributed by atoms with Crippen LogP contribution in [0.15, 0.2) is 10.5 Å². The van der Waals surface area contributed by atoms with Crippen LogP contribution in [-0.2, 0) is 0 Å². The van der Waals surface area contributed by atoms with Gasteiger partial charge >= 0.3 is 0 Å². The molecule has 18 heavy (non-hydrogen) atoms. The lowest BCUT2D eigenvalue weighted by Crippen LogP contribution is -2.28. The summed E-state index contributed by atoms with van der Waals surface area (Å²) in [5, 5.41) is 3.69. The summed E-state index contributed by atoms with van der Waals surface area (Å²) in [6.45, 7) is 7.38. The molecule has 0 saturated heterocycles. The van der Waals surface area contributed by atoms with Gasteiger partial charge in [-0.1, -0.05) is 32.6 Å². The second-order valence-electron chi connectivity index (χ2n) is 5.66. The first-order chi connectivity index (χ1) is 8.72. The molecule has 1 aliphatic rings. The molecule has 1 atom stereocenters. The summed E-state index contributed by atoms with van der Waals surface area (Å²) in [6.07, 6.45) is 8.34. The number of aryl methyl sites for hydroxylation is 2. The molecule has 0 bridgehead atoms. The van der Waals surface area contributed by atoms with E-state index in [9.17, 15) is 0 Å². The molecule has 1 saturated carbocycles. The van der Waals surface area contributed by atoms with Gasteiger partial charge in [0.25, 0.3) is 0 Å². The maximum atomic E-state index is 5.72. The molecule has 1 aliphatic carbocycles. The highest BCUT2D eigenvalue weighted by Gasteiger charge is 2.26. The van der Waals surface area contributed by atoms with E-state index in [0.29, 0.717) is 6.04 Å². The molecule has 1 fully saturated rings. The number of furan rings is 1. The molecule has 1 unspecified atom stereocenters. The van der Waals surface area contributed by atoms with Gasteiger partial charge < -0.3 is 9.73 Å². The van der Waals surface area contributed by atoms with E-state index in [-0.39, 0.29) is 0 Å². The van der Waals surface area contributed by atoms with Crippen molar-refractivity contribution in [2.45, 2.75) is 65.3 Å². The van der Waals surface area contributed by atoms with E-state index in [4.69, 9.17) is 4.42 Å². The van der Waals surface area contributed by atoms with Gasteiger partial charge in [0.2, 0.25) is 0 Å². The summed E-state index contributed by atoms with van der Waals surface area (Å²) in [5.41, 5.74) is 1.39. The average molecular weight is 249 g/mol. The van der Waals surface area contributed by atoms with Gasteiger partial charge in [0.05, 0.1) is 0 Å². The van der Waals surface area contributed by atoms with E-state index in [2.05, 4.69) is 25.2 Å². The Bertz CT molecular complexity index is 361. The van der Waals surface area contributed by atoms with Crippen molar-refractivity contribution in [3.05, 3.63) is 23.2 Å². The lowest BCUT2D eigenvalue weighted by molar-refractivity contribution is 0.326. The Kier molecular flexibility index (Phi) is 4.87. The van der Waals surface area contributed by atoms with Crippen LogP contribution in [0.25, 0.3) is 0 Å². The summed E-state index contributed by atoms with van der Waals surface area (Å²) in [7, 11) is 0. The van der Waals surface area contributed by atoms with Crippen molar-refractivity contribution in [1.29, 1.82) is 0 Å². The summed E-state index contributed by atoms with van der Waals surface area (Å²) in [6, 6.07) is 2.72. The number of hydrogen-bond donors (Lipinski definition) is 1. The minimum Gasteiger partial charge on any atom is -0.466 e. The van der Waals surface area contributed by atoms with E-state index >= 15 is 0 Å². The summed E-state index contributed by atoms with van der Waals surface area (Å²) >= 11 is 0. The van der Waals surface area contributed by atoms with Gasteiger partial charge in [0.1, 0.15) is 11.5 Å². The summed E-state index contributed by atoms with van der Waals surface area (Å²) in [4.78, 5) is 0. The Labute approximate surface area is 111 Å². The SMILES string of the molecule is CCNC(c1cc(C)oc1C)C1CCCCCC1. The second-order valence-corrected chi connectivity index (χ2v) is 5.66. The largest absolute Gasteiger partial charge is 0.466 e. The van der Waals surface area contributed by atoms with Gasteiger partial charge in [0, 0.05) is 11.6 Å². The zero-order chi connectivity index (χ0) is 13.0. The zero-order valence-electron chi connectivity index (χ0n) is 12.1. The highest BCUT2D eigenvalue weighted by Crippen LogP contribution is 2.35. The Balaban J connectivity index is 2.18. The molecule has 102 valence electrons. The van der Waals surface area contributed by atoms with E-state index in [1.54, 1.807) is 0 Å². The number of hydrogen-bond acceptors (Lipinski definition) is 2. The van der Waals surface area contributed by atoms with Crippen LogP contribution >= 0.6 is 0 Å². The van der Waals surface area contributed by atoms with Crippen LogP contribution in [0.3, 0.4) is 0 Å².